The normalized spacial score (nSPS) is 30.5. The van der Waals surface area contributed by atoms with Gasteiger partial charge in [-0.05, 0) is 31.2 Å². The van der Waals surface area contributed by atoms with Gasteiger partial charge < -0.3 is 20.9 Å². The van der Waals surface area contributed by atoms with Gasteiger partial charge in [0.05, 0.1) is 25.9 Å². The average Bonchev–Trinajstić information content (AvgIpc) is 2.87. The van der Waals surface area contributed by atoms with Crippen LogP contribution in [0, 0.1) is 0 Å². The van der Waals surface area contributed by atoms with Gasteiger partial charge in [-0.15, -0.1) is 0 Å². The second kappa shape index (κ2) is 8.95. The molecule has 144 valence electrons. The molecule has 1 saturated carbocycles. The zero-order valence-electron chi connectivity index (χ0n) is 15.4. The molecule has 1 aromatic carbocycles. The van der Waals surface area contributed by atoms with E-state index in [1.165, 1.54) is 5.56 Å². The Balaban J connectivity index is 1.79. The number of carbonyl (C=O) groups is 1. The fourth-order valence-corrected chi connectivity index (χ4v) is 4.39. The molecule has 1 saturated heterocycles. The Kier molecular flexibility index (Phi) is 6.64. The van der Waals surface area contributed by atoms with E-state index in [1.807, 2.05) is 18.2 Å². The molecule has 3 atom stereocenters. The van der Waals surface area contributed by atoms with Gasteiger partial charge in [0.25, 0.3) is 0 Å². The number of rotatable bonds is 5. The minimum atomic E-state index is -0.344. The molecular weight excluding hydrogens is 330 g/mol. The fourth-order valence-electron chi connectivity index (χ4n) is 4.39. The van der Waals surface area contributed by atoms with Gasteiger partial charge in [0.15, 0.2) is 0 Å². The van der Waals surface area contributed by atoms with E-state index in [0.717, 1.165) is 52.0 Å². The molecular formula is C20H31N3O3. The number of hydrogen-bond donors (Lipinski definition) is 3. The third-order valence-electron chi connectivity index (χ3n) is 5.99. The van der Waals surface area contributed by atoms with Crippen LogP contribution in [-0.4, -0.2) is 67.5 Å². The van der Waals surface area contributed by atoms with Crippen LogP contribution in [0.2, 0.25) is 0 Å². The van der Waals surface area contributed by atoms with Crippen LogP contribution < -0.4 is 11.1 Å². The number of hydrogen-bond acceptors (Lipinski definition) is 5. The van der Waals surface area contributed by atoms with Crippen molar-refractivity contribution >= 4 is 5.91 Å². The first-order valence-electron chi connectivity index (χ1n) is 9.67. The zero-order chi connectivity index (χ0) is 18.4. The van der Waals surface area contributed by atoms with Crippen LogP contribution >= 0.6 is 0 Å². The smallest absolute Gasteiger partial charge is 0.233 e. The summed E-state index contributed by atoms with van der Waals surface area (Å²) in [5.41, 5.74) is 6.54. The SMILES string of the molecule is NCC(=O)NC[C@]1(c2ccccc2)CC[C@H](O)[C@@H](N2CCOCC2)CC1. The van der Waals surface area contributed by atoms with Gasteiger partial charge in [-0.25, -0.2) is 0 Å². The lowest BCUT2D eigenvalue weighted by atomic mass is 9.74. The standard InChI is InChI=1S/C20H31N3O3/c21-14-19(25)22-15-20(16-4-2-1-3-5-16)8-6-17(18(24)7-9-20)23-10-12-26-13-11-23/h1-5,17-18,24H,6-15,21H2,(H,22,25)/t17-,18-,20+/m0/s1. The third kappa shape index (κ3) is 4.43. The Bertz CT molecular complexity index is 577. The molecule has 2 fully saturated rings. The third-order valence-corrected chi connectivity index (χ3v) is 5.99. The van der Waals surface area contributed by atoms with Crippen molar-refractivity contribution in [3.05, 3.63) is 35.9 Å². The van der Waals surface area contributed by atoms with Gasteiger partial charge >= 0.3 is 0 Å². The molecule has 1 amide bonds. The maximum Gasteiger partial charge on any atom is 0.233 e. The summed E-state index contributed by atoms with van der Waals surface area (Å²) in [5, 5.41) is 13.8. The lowest BCUT2D eigenvalue weighted by Crippen LogP contribution is -2.48. The molecule has 4 N–H and O–H groups in total. The Hall–Kier alpha value is -1.47. The summed E-state index contributed by atoms with van der Waals surface area (Å²) >= 11 is 0. The summed E-state index contributed by atoms with van der Waals surface area (Å²) in [4.78, 5) is 14.2. The van der Waals surface area contributed by atoms with E-state index < -0.39 is 0 Å². The molecule has 26 heavy (non-hydrogen) atoms. The van der Waals surface area contributed by atoms with Crippen LogP contribution in [0.4, 0.5) is 0 Å². The Morgan fingerprint density at radius 1 is 1.23 bits per heavy atom. The number of nitrogens with one attached hydrogen (secondary N) is 1. The van der Waals surface area contributed by atoms with Crippen molar-refractivity contribution < 1.29 is 14.6 Å². The van der Waals surface area contributed by atoms with Gasteiger partial charge in [-0.1, -0.05) is 30.3 Å². The van der Waals surface area contributed by atoms with Gasteiger partial charge in [0.1, 0.15) is 0 Å². The van der Waals surface area contributed by atoms with Crippen molar-refractivity contribution in [2.24, 2.45) is 5.73 Å². The summed E-state index contributed by atoms with van der Waals surface area (Å²) in [5.74, 6) is -0.130. The van der Waals surface area contributed by atoms with Crippen LogP contribution in [0.5, 0.6) is 0 Å². The van der Waals surface area contributed by atoms with Crippen molar-refractivity contribution in [2.45, 2.75) is 43.2 Å². The minimum absolute atomic E-state index is 0.00387. The van der Waals surface area contributed by atoms with Crippen LogP contribution in [0.15, 0.2) is 30.3 Å². The second-order valence-electron chi connectivity index (χ2n) is 7.49. The number of aliphatic hydroxyl groups excluding tert-OH is 1. The predicted octanol–water partition coefficient (Wildman–Crippen LogP) is 0.635. The number of ether oxygens (including phenoxy) is 1. The summed E-state index contributed by atoms with van der Waals surface area (Å²) in [7, 11) is 0. The van der Waals surface area contributed by atoms with Crippen LogP contribution in [0.1, 0.15) is 31.2 Å². The summed E-state index contributed by atoms with van der Waals surface area (Å²) in [6.45, 7) is 3.80. The molecule has 3 rings (SSSR count). The molecule has 0 spiro atoms. The molecule has 1 heterocycles. The zero-order valence-corrected chi connectivity index (χ0v) is 15.4. The average molecular weight is 361 g/mol. The van der Waals surface area contributed by atoms with Crippen molar-refractivity contribution in [1.82, 2.24) is 10.2 Å². The number of amides is 1. The van der Waals surface area contributed by atoms with Gasteiger partial charge in [0, 0.05) is 31.1 Å². The topological polar surface area (TPSA) is 87.8 Å². The quantitative estimate of drug-likeness (QED) is 0.670. The highest BCUT2D eigenvalue weighted by Crippen LogP contribution is 2.39. The number of aliphatic hydroxyl groups is 1. The second-order valence-corrected chi connectivity index (χ2v) is 7.49. The first-order valence-corrected chi connectivity index (χ1v) is 9.67. The Morgan fingerprint density at radius 2 is 1.92 bits per heavy atom. The highest BCUT2D eigenvalue weighted by molar-refractivity contribution is 5.77. The van der Waals surface area contributed by atoms with Gasteiger partial charge in [0.2, 0.25) is 5.91 Å². The summed E-state index contributed by atoms with van der Waals surface area (Å²) < 4.78 is 5.46. The Morgan fingerprint density at radius 3 is 2.62 bits per heavy atom. The lowest BCUT2D eigenvalue weighted by Gasteiger charge is -2.37. The maximum absolute atomic E-state index is 11.8. The number of carbonyl (C=O) groups excluding carboxylic acids is 1. The van der Waals surface area contributed by atoms with Crippen molar-refractivity contribution in [1.29, 1.82) is 0 Å². The van der Waals surface area contributed by atoms with E-state index in [2.05, 4.69) is 22.3 Å². The van der Waals surface area contributed by atoms with Crippen molar-refractivity contribution in [3.63, 3.8) is 0 Å². The molecule has 6 nitrogen and oxygen atoms in total. The van der Waals surface area contributed by atoms with E-state index in [9.17, 15) is 9.90 Å². The maximum atomic E-state index is 11.8. The number of nitrogens with zero attached hydrogens (tertiary/aromatic N) is 1. The van der Waals surface area contributed by atoms with Gasteiger partial charge in [-0.3, -0.25) is 9.69 Å². The minimum Gasteiger partial charge on any atom is -0.391 e. The summed E-state index contributed by atoms with van der Waals surface area (Å²) in [6, 6.07) is 10.5. The molecule has 0 unspecified atom stereocenters. The highest BCUT2D eigenvalue weighted by Gasteiger charge is 2.39. The fraction of sp³-hybridized carbons (Fsp3) is 0.650. The lowest BCUT2D eigenvalue weighted by molar-refractivity contribution is -0.120. The largest absolute Gasteiger partial charge is 0.391 e. The molecule has 0 bridgehead atoms. The van der Waals surface area contributed by atoms with Gasteiger partial charge in [-0.2, -0.15) is 0 Å². The first kappa shape index (κ1) is 19.3. The van der Waals surface area contributed by atoms with E-state index in [0.29, 0.717) is 6.54 Å². The molecule has 1 aliphatic heterocycles. The van der Waals surface area contributed by atoms with Crippen LogP contribution in [-0.2, 0) is 14.9 Å². The summed E-state index contributed by atoms with van der Waals surface area (Å²) in [6.07, 6.45) is 3.08. The molecule has 6 heteroatoms. The number of benzene rings is 1. The van der Waals surface area contributed by atoms with Crippen LogP contribution in [0.25, 0.3) is 0 Å². The van der Waals surface area contributed by atoms with E-state index in [1.54, 1.807) is 0 Å². The first-order chi connectivity index (χ1) is 12.6. The van der Waals surface area contributed by atoms with E-state index >= 15 is 0 Å². The molecule has 1 aromatic rings. The number of morpholine rings is 1. The van der Waals surface area contributed by atoms with E-state index in [4.69, 9.17) is 10.5 Å². The molecule has 2 aliphatic rings. The Labute approximate surface area is 155 Å². The van der Waals surface area contributed by atoms with Crippen molar-refractivity contribution in [3.8, 4) is 0 Å². The molecule has 1 aliphatic carbocycles. The predicted molar refractivity (Wildman–Crippen MR) is 101 cm³/mol. The highest BCUT2D eigenvalue weighted by atomic mass is 16.5. The van der Waals surface area contributed by atoms with E-state index in [-0.39, 0.29) is 30.0 Å². The monoisotopic (exact) mass is 361 g/mol. The molecule has 0 radical (unpaired) electrons. The molecule has 0 aromatic heterocycles. The van der Waals surface area contributed by atoms with Crippen LogP contribution in [0.3, 0.4) is 0 Å². The van der Waals surface area contributed by atoms with Crippen molar-refractivity contribution in [2.75, 3.05) is 39.4 Å². The number of nitrogens with two attached hydrogens (primary N) is 1.